The maximum atomic E-state index is 5.65. The molecule has 0 atom stereocenters. The average Bonchev–Trinajstić information content (AvgIpc) is 3.04. The van der Waals surface area contributed by atoms with Gasteiger partial charge in [-0.25, -0.2) is 9.97 Å². The Balaban J connectivity index is 1.61. The molecular formula is C15H9N5OS. The van der Waals surface area contributed by atoms with Crippen molar-refractivity contribution >= 4 is 22.9 Å². The maximum Gasteiger partial charge on any atom is 0.283 e. The standard InChI is InChI=1S/C15H9N5OS/c1-2-4-10(5-3-1)14-19-20-15(21-14)22-12-7-6-11-13(18-12)17-9-8-16-11/h1-9H. The summed E-state index contributed by atoms with van der Waals surface area (Å²) in [5.74, 6) is 0.490. The molecule has 0 saturated heterocycles. The molecule has 106 valence electrons. The fraction of sp³-hybridized carbons (Fsp3) is 0. The van der Waals surface area contributed by atoms with E-state index in [2.05, 4.69) is 25.1 Å². The Morgan fingerprint density at radius 1 is 0.864 bits per heavy atom. The summed E-state index contributed by atoms with van der Waals surface area (Å²) < 4.78 is 5.65. The van der Waals surface area contributed by atoms with Crippen LogP contribution in [0.15, 0.2) is 69.5 Å². The first kappa shape index (κ1) is 12.9. The van der Waals surface area contributed by atoms with Crippen molar-refractivity contribution in [2.24, 2.45) is 0 Å². The van der Waals surface area contributed by atoms with Gasteiger partial charge in [-0.3, -0.25) is 4.98 Å². The number of rotatable bonds is 3. The van der Waals surface area contributed by atoms with Gasteiger partial charge in [-0.05, 0) is 36.0 Å². The zero-order chi connectivity index (χ0) is 14.8. The molecule has 0 aliphatic heterocycles. The number of benzene rings is 1. The van der Waals surface area contributed by atoms with Crippen LogP contribution in [-0.2, 0) is 0 Å². The van der Waals surface area contributed by atoms with Crippen LogP contribution < -0.4 is 0 Å². The van der Waals surface area contributed by atoms with Gasteiger partial charge in [0.1, 0.15) is 10.5 Å². The van der Waals surface area contributed by atoms with Gasteiger partial charge in [-0.15, -0.1) is 10.2 Å². The van der Waals surface area contributed by atoms with E-state index < -0.39 is 0 Å². The van der Waals surface area contributed by atoms with E-state index in [1.165, 1.54) is 11.8 Å². The van der Waals surface area contributed by atoms with Gasteiger partial charge in [0.15, 0.2) is 5.65 Å². The van der Waals surface area contributed by atoms with Crippen molar-refractivity contribution in [2.45, 2.75) is 10.2 Å². The molecule has 0 N–H and O–H groups in total. The van der Waals surface area contributed by atoms with E-state index in [-0.39, 0.29) is 0 Å². The molecule has 0 fully saturated rings. The lowest BCUT2D eigenvalue weighted by Gasteiger charge is -1.98. The van der Waals surface area contributed by atoms with Gasteiger partial charge in [-0.2, -0.15) is 0 Å². The van der Waals surface area contributed by atoms with E-state index in [0.717, 1.165) is 16.1 Å². The van der Waals surface area contributed by atoms with Crippen molar-refractivity contribution in [3.63, 3.8) is 0 Å². The molecule has 4 aromatic rings. The highest BCUT2D eigenvalue weighted by atomic mass is 32.2. The highest BCUT2D eigenvalue weighted by Crippen LogP contribution is 2.28. The molecule has 0 bridgehead atoms. The first-order valence-electron chi connectivity index (χ1n) is 6.53. The van der Waals surface area contributed by atoms with Crippen molar-refractivity contribution in [2.75, 3.05) is 0 Å². The number of hydrogen-bond acceptors (Lipinski definition) is 7. The normalized spacial score (nSPS) is 10.9. The van der Waals surface area contributed by atoms with Crippen LogP contribution in [0.5, 0.6) is 0 Å². The number of hydrogen-bond donors (Lipinski definition) is 0. The van der Waals surface area contributed by atoms with E-state index in [4.69, 9.17) is 4.42 Å². The van der Waals surface area contributed by atoms with E-state index in [1.54, 1.807) is 12.4 Å². The summed E-state index contributed by atoms with van der Waals surface area (Å²) >= 11 is 1.30. The van der Waals surface area contributed by atoms with E-state index in [1.807, 2.05) is 42.5 Å². The molecule has 0 saturated carbocycles. The summed E-state index contributed by atoms with van der Waals surface area (Å²) in [6.45, 7) is 0. The van der Waals surface area contributed by atoms with Crippen LogP contribution in [0.25, 0.3) is 22.6 Å². The molecule has 0 amide bonds. The molecule has 0 aliphatic carbocycles. The predicted molar refractivity (Wildman–Crippen MR) is 81.2 cm³/mol. The fourth-order valence-corrected chi connectivity index (χ4v) is 2.58. The number of nitrogens with zero attached hydrogens (tertiary/aromatic N) is 5. The first-order chi connectivity index (χ1) is 10.9. The predicted octanol–water partition coefficient (Wildman–Crippen LogP) is 3.23. The highest BCUT2D eigenvalue weighted by molar-refractivity contribution is 7.99. The highest BCUT2D eigenvalue weighted by Gasteiger charge is 2.11. The smallest absolute Gasteiger partial charge is 0.283 e. The molecule has 22 heavy (non-hydrogen) atoms. The van der Waals surface area contributed by atoms with Gasteiger partial charge in [-0.1, -0.05) is 18.2 Å². The molecule has 1 aromatic carbocycles. The fourth-order valence-electron chi connectivity index (χ4n) is 1.93. The van der Waals surface area contributed by atoms with Crippen LogP contribution in [0.2, 0.25) is 0 Å². The summed E-state index contributed by atoms with van der Waals surface area (Å²) in [4.78, 5) is 12.8. The minimum atomic E-state index is 0.439. The summed E-state index contributed by atoms with van der Waals surface area (Å²) in [5.41, 5.74) is 2.23. The quantitative estimate of drug-likeness (QED) is 0.575. The van der Waals surface area contributed by atoms with Crippen LogP contribution in [0.3, 0.4) is 0 Å². The lowest BCUT2D eigenvalue weighted by atomic mass is 10.2. The molecule has 3 heterocycles. The molecule has 4 rings (SSSR count). The summed E-state index contributed by atoms with van der Waals surface area (Å²) in [5, 5.41) is 9.26. The molecule has 7 heteroatoms. The topological polar surface area (TPSA) is 77.6 Å². The van der Waals surface area contributed by atoms with E-state index in [0.29, 0.717) is 16.8 Å². The molecule has 0 spiro atoms. The van der Waals surface area contributed by atoms with Crippen molar-refractivity contribution in [1.29, 1.82) is 0 Å². The number of aromatic nitrogens is 5. The monoisotopic (exact) mass is 307 g/mol. The van der Waals surface area contributed by atoms with Gasteiger partial charge in [0.2, 0.25) is 5.89 Å². The summed E-state index contributed by atoms with van der Waals surface area (Å²) in [6.07, 6.45) is 3.25. The Morgan fingerprint density at radius 2 is 1.73 bits per heavy atom. The molecule has 6 nitrogen and oxygen atoms in total. The third-order valence-electron chi connectivity index (χ3n) is 2.93. The Hall–Kier alpha value is -2.80. The second-order valence-corrected chi connectivity index (χ2v) is 5.36. The minimum Gasteiger partial charge on any atom is -0.411 e. The Morgan fingerprint density at radius 3 is 2.64 bits per heavy atom. The Kier molecular flexibility index (Phi) is 3.24. The Bertz CT molecular complexity index is 925. The van der Waals surface area contributed by atoms with Crippen molar-refractivity contribution in [3.05, 3.63) is 54.9 Å². The van der Waals surface area contributed by atoms with Crippen molar-refractivity contribution in [3.8, 4) is 11.5 Å². The second kappa shape index (κ2) is 5.53. The van der Waals surface area contributed by atoms with Crippen LogP contribution in [0, 0.1) is 0 Å². The lowest BCUT2D eigenvalue weighted by Crippen LogP contribution is -1.87. The van der Waals surface area contributed by atoms with Crippen LogP contribution in [0.1, 0.15) is 0 Å². The number of fused-ring (bicyclic) bond motifs is 1. The molecule has 0 radical (unpaired) electrons. The van der Waals surface area contributed by atoms with Gasteiger partial charge >= 0.3 is 0 Å². The molecule has 0 aliphatic rings. The number of pyridine rings is 1. The summed E-state index contributed by atoms with van der Waals surface area (Å²) in [7, 11) is 0. The third-order valence-corrected chi connectivity index (χ3v) is 3.70. The van der Waals surface area contributed by atoms with E-state index in [9.17, 15) is 0 Å². The largest absolute Gasteiger partial charge is 0.411 e. The second-order valence-electron chi connectivity index (χ2n) is 4.39. The van der Waals surface area contributed by atoms with Gasteiger partial charge < -0.3 is 4.42 Å². The van der Waals surface area contributed by atoms with Crippen LogP contribution >= 0.6 is 11.8 Å². The van der Waals surface area contributed by atoms with Crippen LogP contribution in [-0.4, -0.2) is 25.1 Å². The summed E-state index contributed by atoms with van der Waals surface area (Å²) in [6, 6.07) is 13.4. The SMILES string of the molecule is c1ccc(-c2nnc(Sc3ccc4nccnc4n3)o2)cc1. The minimum absolute atomic E-state index is 0.439. The molecule has 0 unspecified atom stereocenters. The first-order valence-corrected chi connectivity index (χ1v) is 7.35. The molecular weight excluding hydrogens is 298 g/mol. The zero-order valence-corrected chi connectivity index (χ0v) is 12.1. The average molecular weight is 307 g/mol. The molecule has 3 aromatic heterocycles. The van der Waals surface area contributed by atoms with Crippen LogP contribution in [0.4, 0.5) is 0 Å². The lowest BCUT2D eigenvalue weighted by molar-refractivity contribution is 0.465. The van der Waals surface area contributed by atoms with E-state index >= 15 is 0 Å². The Labute approximate surface area is 129 Å². The maximum absolute atomic E-state index is 5.65. The third kappa shape index (κ3) is 2.53. The van der Waals surface area contributed by atoms with Gasteiger partial charge in [0.25, 0.3) is 5.22 Å². The van der Waals surface area contributed by atoms with Crippen molar-refractivity contribution in [1.82, 2.24) is 25.1 Å². The zero-order valence-electron chi connectivity index (χ0n) is 11.2. The van der Waals surface area contributed by atoms with Gasteiger partial charge in [0, 0.05) is 18.0 Å². The van der Waals surface area contributed by atoms with Crippen molar-refractivity contribution < 1.29 is 4.42 Å². The van der Waals surface area contributed by atoms with Gasteiger partial charge in [0.05, 0.1) is 0 Å².